The number of rotatable bonds is 5. The number of nitro groups is 1. The second-order valence-corrected chi connectivity index (χ2v) is 4.38. The number of nitro benzene ring substituents is 1. The van der Waals surface area contributed by atoms with Crippen LogP contribution in [0.1, 0.15) is 23.2 Å². The number of carbonyl (C=O) groups is 1. The summed E-state index contributed by atoms with van der Waals surface area (Å²) in [6.45, 7) is 0.954. The lowest BCUT2D eigenvalue weighted by atomic mass is 10.2. The third kappa shape index (κ3) is 3.24. The van der Waals surface area contributed by atoms with Crippen molar-refractivity contribution in [3.63, 3.8) is 0 Å². The number of nitrogens with zero attached hydrogens (tertiary/aromatic N) is 1. The number of hydrogen-bond donors (Lipinski definition) is 0. The molecule has 7 nitrogen and oxygen atoms in total. The molecule has 20 heavy (non-hydrogen) atoms. The second kappa shape index (κ2) is 6.33. The topological polar surface area (TPSA) is 87.9 Å². The molecule has 0 spiro atoms. The number of hydrogen-bond acceptors (Lipinski definition) is 6. The number of methoxy groups -OCH3 is 1. The molecule has 1 atom stereocenters. The van der Waals surface area contributed by atoms with E-state index in [-0.39, 0.29) is 29.7 Å². The van der Waals surface area contributed by atoms with Crippen LogP contribution in [0.4, 0.5) is 5.69 Å². The first-order chi connectivity index (χ1) is 9.61. The van der Waals surface area contributed by atoms with Crippen molar-refractivity contribution in [2.75, 3.05) is 20.3 Å². The van der Waals surface area contributed by atoms with Crippen molar-refractivity contribution in [2.24, 2.45) is 0 Å². The highest BCUT2D eigenvalue weighted by Crippen LogP contribution is 2.29. The molecule has 1 aromatic rings. The zero-order chi connectivity index (χ0) is 14.5. The predicted octanol–water partition coefficient (Wildman–Crippen LogP) is 1.94. The highest BCUT2D eigenvalue weighted by atomic mass is 16.6. The molecule has 1 heterocycles. The molecule has 2 rings (SSSR count). The lowest BCUT2D eigenvalue weighted by molar-refractivity contribution is -0.386. The molecule has 0 radical (unpaired) electrons. The van der Waals surface area contributed by atoms with Gasteiger partial charge in [0.15, 0.2) is 5.75 Å². The monoisotopic (exact) mass is 281 g/mol. The Morgan fingerprint density at radius 3 is 2.95 bits per heavy atom. The van der Waals surface area contributed by atoms with Crippen molar-refractivity contribution in [2.45, 2.75) is 18.9 Å². The summed E-state index contributed by atoms with van der Waals surface area (Å²) in [4.78, 5) is 21.8. The third-order valence-corrected chi connectivity index (χ3v) is 3.03. The fraction of sp³-hybridized carbons (Fsp3) is 0.462. The Labute approximate surface area is 115 Å². The maximum Gasteiger partial charge on any atom is 0.338 e. The Morgan fingerprint density at radius 1 is 1.55 bits per heavy atom. The van der Waals surface area contributed by atoms with Crippen molar-refractivity contribution < 1.29 is 23.9 Å². The van der Waals surface area contributed by atoms with Crippen LogP contribution in [0.3, 0.4) is 0 Å². The summed E-state index contributed by atoms with van der Waals surface area (Å²) in [5, 5.41) is 11.0. The van der Waals surface area contributed by atoms with E-state index in [9.17, 15) is 14.9 Å². The molecule has 0 aromatic heterocycles. The summed E-state index contributed by atoms with van der Waals surface area (Å²) in [6.07, 6.45) is 1.82. The molecule has 7 heteroatoms. The van der Waals surface area contributed by atoms with Crippen molar-refractivity contribution in [3.05, 3.63) is 33.9 Å². The van der Waals surface area contributed by atoms with Crippen LogP contribution in [0.5, 0.6) is 5.75 Å². The summed E-state index contributed by atoms with van der Waals surface area (Å²) >= 11 is 0. The SMILES string of the molecule is COC(=O)c1ccc(OCC2CCCO2)c([N+](=O)[O-])c1. The average Bonchev–Trinajstić information content (AvgIpc) is 2.97. The summed E-state index contributed by atoms with van der Waals surface area (Å²) in [6, 6.07) is 3.99. The van der Waals surface area contributed by atoms with Crippen LogP contribution >= 0.6 is 0 Å². The molecule has 1 aliphatic rings. The lowest BCUT2D eigenvalue weighted by Gasteiger charge is -2.11. The molecule has 1 aromatic carbocycles. The van der Waals surface area contributed by atoms with Gasteiger partial charge in [-0.15, -0.1) is 0 Å². The van der Waals surface area contributed by atoms with Crippen LogP contribution in [0.25, 0.3) is 0 Å². The standard InChI is InChI=1S/C13H15NO6/c1-18-13(15)9-4-5-12(11(7-9)14(16)17)20-8-10-3-2-6-19-10/h4-5,7,10H,2-3,6,8H2,1H3. The predicted molar refractivity (Wildman–Crippen MR) is 68.9 cm³/mol. The number of esters is 1. The maximum absolute atomic E-state index is 11.4. The van der Waals surface area contributed by atoms with Crippen LogP contribution in [-0.2, 0) is 9.47 Å². The van der Waals surface area contributed by atoms with E-state index in [1.54, 1.807) is 0 Å². The van der Waals surface area contributed by atoms with Gasteiger partial charge in [0.2, 0.25) is 0 Å². The van der Waals surface area contributed by atoms with Crippen LogP contribution in [-0.4, -0.2) is 37.3 Å². The molecule has 1 aliphatic heterocycles. The van der Waals surface area contributed by atoms with Gasteiger partial charge in [-0.3, -0.25) is 10.1 Å². The Morgan fingerprint density at radius 2 is 2.35 bits per heavy atom. The summed E-state index contributed by atoms with van der Waals surface area (Å²) < 4.78 is 15.3. The van der Waals surface area contributed by atoms with E-state index in [0.29, 0.717) is 6.61 Å². The van der Waals surface area contributed by atoms with Gasteiger partial charge >= 0.3 is 11.7 Å². The fourth-order valence-electron chi connectivity index (χ4n) is 1.99. The molecule has 0 bridgehead atoms. The molecule has 108 valence electrons. The Balaban J connectivity index is 2.14. The van der Waals surface area contributed by atoms with E-state index in [1.807, 2.05) is 0 Å². The number of carbonyl (C=O) groups excluding carboxylic acids is 1. The number of ether oxygens (including phenoxy) is 3. The first-order valence-corrected chi connectivity index (χ1v) is 6.23. The van der Waals surface area contributed by atoms with Crippen LogP contribution in [0.15, 0.2) is 18.2 Å². The Kier molecular flexibility index (Phi) is 4.52. The van der Waals surface area contributed by atoms with E-state index in [1.165, 1.54) is 19.2 Å². The first-order valence-electron chi connectivity index (χ1n) is 6.23. The molecule has 1 saturated heterocycles. The van der Waals surface area contributed by atoms with Gasteiger partial charge in [-0.1, -0.05) is 0 Å². The quantitative estimate of drug-likeness (QED) is 0.465. The Hall–Kier alpha value is -2.15. The summed E-state index contributed by atoms with van der Waals surface area (Å²) in [7, 11) is 1.22. The van der Waals surface area contributed by atoms with Gasteiger partial charge in [-0.25, -0.2) is 4.79 Å². The van der Waals surface area contributed by atoms with Crippen molar-refractivity contribution in [1.29, 1.82) is 0 Å². The average molecular weight is 281 g/mol. The van der Waals surface area contributed by atoms with Gasteiger partial charge in [-0.05, 0) is 25.0 Å². The van der Waals surface area contributed by atoms with Gasteiger partial charge in [-0.2, -0.15) is 0 Å². The normalized spacial score (nSPS) is 17.8. The van der Waals surface area contributed by atoms with E-state index in [2.05, 4.69) is 4.74 Å². The van der Waals surface area contributed by atoms with E-state index in [0.717, 1.165) is 18.9 Å². The van der Waals surface area contributed by atoms with Crippen LogP contribution < -0.4 is 4.74 Å². The molecule has 0 saturated carbocycles. The summed E-state index contributed by atoms with van der Waals surface area (Å²) in [5.41, 5.74) is -0.144. The third-order valence-electron chi connectivity index (χ3n) is 3.03. The minimum atomic E-state index is -0.626. The van der Waals surface area contributed by atoms with Gasteiger partial charge in [0.05, 0.1) is 23.7 Å². The minimum Gasteiger partial charge on any atom is -0.484 e. The zero-order valence-electron chi connectivity index (χ0n) is 11.0. The molecular weight excluding hydrogens is 266 g/mol. The Bertz CT molecular complexity index is 510. The van der Waals surface area contributed by atoms with E-state index < -0.39 is 10.9 Å². The van der Waals surface area contributed by atoms with Crippen molar-refractivity contribution in [3.8, 4) is 5.75 Å². The van der Waals surface area contributed by atoms with Crippen LogP contribution in [0, 0.1) is 10.1 Å². The van der Waals surface area contributed by atoms with Gasteiger partial charge in [0, 0.05) is 12.7 Å². The number of benzene rings is 1. The van der Waals surface area contributed by atoms with Crippen LogP contribution in [0.2, 0.25) is 0 Å². The molecule has 1 unspecified atom stereocenters. The second-order valence-electron chi connectivity index (χ2n) is 4.38. The lowest BCUT2D eigenvalue weighted by Crippen LogP contribution is -2.16. The highest BCUT2D eigenvalue weighted by molar-refractivity contribution is 5.90. The largest absolute Gasteiger partial charge is 0.484 e. The molecule has 1 fully saturated rings. The van der Waals surface area contributed by atoms with Crippen molar-refractivity contribution in [1.82, 2.24) is 0 Å². The van der Waals surface area contributed by atoms with Crippen molar-refractivity contribution >= 4 is 11.7 Å². The molecule has 0 N–H and O–H groups in total. The molecule has 0 aliphatic carbocycles. The van der Waals surface area contributed by atoms with Gasteiger partial charge in [0.25, 0.3) is 0 Å². The summed E-state index contributed by atoms with van der Waals surface area (Å²) in [5.74, 6) is -0.503. The minimum absolute atomic E-state index is 0.0325. The zero-order valence-corrected chi connectivity index (χ0v) is 11.0. The van der Waals surface area contributed by atoms with E-state index >= 15 is 0 Å². The maximum atomic E-state index is 11.4. The molecular formula is C13H15NO6. The first kappa shape index (κ1) is 14.3. The highest BCUT2D eigenvalue weighted by Gasteiger charge is 2.22. The fourth-order valence-corrected chi connectivity index (χ4v) is 1.99. The van der Waals surface area contributed by atoms with E-state index in [4.69, 9.17) is 9.47 Å². The molecule has 0 amide bonds. The van der Waals surface area contributed by atoms with Gasteiger partial charge in [0.1, 0.15) is 6.61 Å². The van der Waals surface area contributed by atoms with Gasteiger partial charge < -0.3 is 14.2 Å². The smallest absolute Gasteiger partial charge is 0.338 e.